The van der Waals surface area contributed by atoms with Crippen molar-refractivity contribution >= 4 is 34.1 Å². The molecular formula is C20H16N2OS. The molecule has 1 amide bonds. The molecule has 0 aromatic heterocycles. The lowest BCUT2D eigenvalue weighted by molar-refractivity contribution is -0.113. The topological polar surface area (TPSA) is 52.9 Å². The normalized spacial score (nSPS) is 10.3. The van der Waals surface area contributed by atoms with Gasteiger partial charge in [0.2, 0.25) is 5.91 Å². The van der Waals surface area contributed by atoms with Crippen LogP contribution in [0.25, 0.3) is 10.8 Å². The molecule has 0 saturated carbocycles. The van der Waals surface area contributed by atoms with Crippen LogP contribution in [-0.4, -0.2) is 11.7 Å². The van der Waals surface area contributed by atoms with Crippen LogP contribution in [0, 0.1) is 11.3 Å². The van der Waals surface area contributed by atoms with E-state index in [1.165, 1.54) is 22.5 Å². The number of amides is 1. The number of carbonyl (C=O) groups is 1. The Hall–Kier alpha value is -2.77. The number of hydrogen-bond acceptors (Lipinski definition) is 3. The van der Waals surface area contributed by atoms with Crippen molar-refractivity contribution in [3.05, 3.63) is 72.3 Å². The summed E-state index contributed by atoms with van der Waals surface area (Å²) in [6.45, 7) is 0. The number of fused-ring (bicyclic) bond motifs is 1. The Labute approximate surface area is 145 Å². The average Bonchev–Trinajstić information content (AvgIpc) is 2.62. The molecule has 0 saturated heterocycles. The fraction of sp³-hybridized carbons (Fsp3) is 0.100. The molecule has 118 valence electrons. The lowest BCUT2D eigenvalue weighted by Crippen LogP contribution is -2.13. The highest BCUT2D eigenvalue weighted by Gasteiger charge is 2.05. The SMILES string of the molecule is N#CCc1ccc(NC(=O)CSc2ccc3ccccc3c2)cc1. The van der Waals surface area contributed by atoms with E-state index >= 15 is 0 Å². The minimum absolute atomic E-state index is 0.0406. The van der Waals surface area contributed by atoms with Gasteiger partial charge in [-0.15, -0.1) is 11.8 Å². The van der Waals surface area contributed by atoms with E-state index < -0.39 is 0 Å². The first-order chi connectivity index (χ1) is 11.7. The van der Waals surface area contributed by atoms with Gasteiger partial charge in [0.05, 0.1) is 18.2 Å². The summed E-state index contributed by atoms with van der Waals surface area (Å²) >= 11 is 1.52. The van der Waals surface area contributed by atoms with Crippen molar-refractivity contribution in [3.8, 4) is 6.07 Å². The van der Waals surface area contributed by atoms with Crippen LogP contribution in [0.15, 0.2) is 71.6 Å². The third-order valence-electron chi connectivity index (χ3n) is 3.61. The van der Waals surface area contributed by atoms with Crippen LogP contribution >= 0.6 is 11.8 Å². The van der Waals surface area contributed by atoms with E-state index in [9.17, 15) is 4.79 Å². The van der Waals surface area contributed by atoms with Gasteiger partial charge in [-0.05, 0) is 40.6 Å². The van der Waals surface area contributed by atoms with E-state index in [0.717, 1.165) is 16.1 Å². The molecule has 0 radical (unpaired) electrons. The van der Waals surface area contributed by atoms with E-state index in [1.54, 1.807) is 0 Å². The molecule has 0 aliphatic rings. The van der Waals surface area contributed by atoms with Crippen molar-refractivity contribution in [1.29, 1.82) is 5.26 Å². The summed E-state index contributed by atoms with van der Waals surface area (Å²) in [6, 6.07) is 23.9. The van der Waals surface area contributed by atoms with Crippen LogP contribution in [0.3, 0.4) is 0 Å². The van der Waals surface area contributed by atoms with Crippen LogP contribution in [0.5, 0.6) is 0 Å². The highest BCUT2D eigenvalue weighted by molar-refractivity contribution is 8.00. The smallest absolute Gasteiger partial charge is 0.234 e. The number of nitriles is 1. The molecule has 1 N–H and O–H groups in total. The zero-order valence-corrected chi connectivity index (χ0v) is 13.8. The Morgan fingerprint density at radius 1 is 1.00 bits per heavy atom. The van der Waals surface area contributed by atoms with Gasteiger partial charge in [0.15, 0.2) is 0 Å². The summed E-state index contributed by atoms with van der Waals surface area (Å²) in [6.07, 6.45) is 0.381. The zero-order chi connectivity index (χ0) is 16.8. The van der Waals surface area contributed by atoms with Crippen molar-refractivity contribution in [2.45, 2.75) is 11.3 Å². The number of nitrogens with zero attached hydrogens (tertiary/aromatic N) is 1. The molecule has 0 heterocycles. The number of rotatable bonds is 5. The summed E-state index contributed by atoms with van der Waals surface area (Å²) in [5.41, 5.74) is 1.70. The van der Waals surface area contributed by atoms with Gasteiger partial charge >= 0.3 is 0 Å². The van der Waals surface area contributed by atoms with Crippen LogP contribution in [0.2, 0.25) is 0 Å². The van der Waals surface area contributed by atoms with Crippen molar-refractivity contribution in [2.24, 2.45) is 0 Å². The second-order valence-corrected chi connectivity index (χ2v) is 6.43. The molecule has 3 nitrogen and oxygen atoms in total. The quantitative estimate of drug-likeness (QED) is 0.693. The number of hydrogen-bond donors (Lipinski definition) is 1. The van der Waals surface area contributed by atoms with Gasteiger partial charge in [-0.3, -0.25) is 4.79 Å². The number of benzene rings is 3. The van der Waals surface area contributed by atoms with Crippen LogP contribution in [-0.2, 0) is 11.2 Å². The molecule has 3 aromatic rings. The summed E-state index contributed by atoms with van der Waals surface area (Å²) in [5.74, 6) is 0.319. The Bertz CT molecular complexity index is 897. The van der Waals surface area contributed by atoms with E-state index in [4.69, 9.17) is 5.26 Å². The first-order valence-corrected chi connectivity index (χ1v) is 8.60. The van der Waals surface area contributed by atoms with Gasteiger partial charge < -0.3 is 5.32 Å². The Kier molecular flexibility index (Phi) is 5.15. The van der Waals surface area contributed by atoms with Gasteiger partial charge in [0.25, 0.3) is 0 Å². The number of nitrogens with one attached hydrogen (secondary N) is 1. The second-order valence-electron chi connectivity index (χ2n) is 5.38. The van der Waals surface area contributed by atoms with Crippen LogP contribution in [0.1, 0.15) is 5.56 Å². The molecule has 0 fully saturated rings. The maximum atomic E-state index is 12.1. The van der Waals surface area contributed by atoms with Gasteiger partial charge in [0.1, 0.15) is 0 Å². The molecule has 3 aromatic carbocycles. The molecular weight excluding hydrogens is 316 g/mol. The standard InChI is InChI=1S/C20H16N2OS/c21-12-11-15-5-8-18(9-6-15)22-20(23)14-24-19-10-7-16-3-1-2-4-17(16)13-19/h1-10,13H,11,14H2,(H,22,23). The van der Waals surface area contributed by atoms with Crippen molar-refractivity contribution in [3.63, 3.8) is 0 Å². The highest BCUT2D eigenvalue weighted by atomic mass is 32.2. The lowest BCUT2D eigenvalue weighted by atomic mass is 10.1. The summed E-state index contributed by atoms with van der Waals surface area (Å²) in [4.78, 5) is 13.2. The Morgan fingerprint density at radius 3 is 2.50 bits per heavy atom. The first-order valence-electron chi connectivity index (χ1n) is 7.62. The fourth-order valence-electron chi connectivity index (χ4n) is 2.40. The largest absolute Gasteiger partial charge is 0.325 e. The van der Waals surface area contributed by atoms with Crippen molar-refractivity contribution in [1.82, 2.24) is 0 Å². The summed E-state index contributed by atoms with van der Waals surface area (Å²) in [7, 11) is 0. The lowest BCUT2D eigenvalue weighted by Gasteiger charge is -2.06. The van der Waals surface area contributed by atoms with E-state index in [-0.39, 0.29) is 5.91 Å². The predicted octanol–water partition coefficient (Wildman–Crippen LogP) is 4.64. The molecule has 0 unspecified atom stereocenters. The van der Waals surface area contributed by atoms with Crippen LogP contribution < -0.4 is 5.32 Å². The monoisotopic (exact) mass is 332 g/mol. The molecule has 3 rings (SSSR count). The van der Waals surface area contributed by atoms with Gasteiger partial charge in [-0.25, -0.2) is 0 Å². The van der Waals surface area contributed by atoms with Crippen molar-refractivity contribution < 1.29 is 4.79 Å². The molecule has 4 heteroatoms. The number of thioether (sulfide) groups is 1. The van der Waals surface area contributed by atoms with Gasteiger partial charge in [0, 0.05) is 10.6 Å². The molecule has 0 atom stereocenters. The van der Waals surface area contributed by atoms with Gasteiger partial charge in [-0.2, -0.15) is 5.26 Å². The summed E-state index contributed by atoms with van der Waals surface area (Å²) < 4.78 is 0. The molecule has 0 aliphatic heterocycles. The Balaban J connectivity index is 1.57. The van der Waals surface area contributed by atoms with Gasteiger partial charge in [-0.1, -0.05) is 42.5 Å². The molecule has 0 bridgehead atoms. The zero-order valence-electron chi connectivity index (χ0n) is 13.0. The van der Waals surface area contributed by atoms with E-state index in [0.29, 0.717) is 12.2 Å². The van der Waals surface area contributed by atoms with E-state index in [1.807, 2.05) is 42.5 Å². The molecule has 0 aliphatic carbocycles. The summed E-state index contributed by atoms with van der Waals surface area (Å²) in [5, 5.41) is 13.9. The molecule has 0 spiro atoms. The first kappa shape index (κ1) is 16.1. The molecule has 24 heavy (non-hydrogen) atoms. The predicted molar refractivity (Wildman–Crippen MR) is 99.1 cm³/mol. The Morgan fingerprint density at radius 2 is 1.75 bits per heavy atom. The average molecular weight is 332 g/mol. The fourth-order valence-corrected chi connectivity index (χ4v) is 3.14. The van der Waals surface area contributed by atoms with E-state index in [2.05, 4.69) is 35.7 Å². The van der Waals surface area contributed by atoms with Crippen molar-refractivity contribution in [2.75, 3.05) is 11.1 Å². The minimum atomic E-state index is -0.0406. The minimum Gasteiger partial charge on any atom is -0.325 e. The maximum absolute atomic E-state index is 12.1. The number of anilines is 1. The maximum Gasteiger partial charge on any atom is 0.234 e. The third kappa shape index (κ3) is 4.15. The second kappa shape index (κ2) is 7.67. The van der Waals surface area contributed by atoms with Crippen LogP contribution in [0.4, 0.5) is 5.69 Å². The highest BCUT2D eigenvalue weighted by Crippen LogP contribution is 2.23. The third-order valence-corrected chi connectivity index (χ3v) is 4.61. The number of carbonyl (C=O) groups excluding carboxylic acids is 1.